The quantitative estimate of drug-likeness (QED) is 0.821. The van der Waals surface area contributed by atoms with Crippen molar-refractivity contribution >= 4 is 17.4 Å². The number of aliphatic hydroxyl groups excluding tert-OH is 1. The minimum atomic E-state index is -0.411. The number of rotatable bonds is 4. The lowest BCUT2D eigenvalue weighted by atomic mass is 10.4. The normalized spacial score (nSPS) is 9.78. The van der Waals surface area contributed by atoms with Gasteiger partial charge >= 0.3 is 6.09 Å². The van der Waals surface area contributed by atoms with Crippen LogP contribution in [0, 0.1) is 11.8 Å². The SMILES string of the molecule is CC(C)OC(=O)NCc1ccc(C#CCCO)s1. The van der Waals surface area contributed by atoms with E-state index in [1.807, 2.05) is 12.1 Å². The van der Waals surface area contributed by atoms with Gasteiger partial charge in [0.15, 0.2) is 0 Å². The van der Waals surface area contributed by atoms with Crippen LogP contribution < -0.4 is 5.32 Å². The molecule has 0 atom stereocenters. The Bertz CT molecular complexity index is 443. The first-order chi connectivity index (χ1) is 8.61. The molecule has 18 heavy (non-hydrogen) atoms. The minimum Gasteiger partial charge on any atom is -0.447 e. The van der Waals surface area contributed by atoms with Gasteiger partial charge in [0.2, 0.25) is 0 Å². The lowest BCUT2D eigenvalue weighted by molar-refractivity contribution is 0.115. The Balaban J connectivity index is 2.40. The van der Waals surface area contributed by atoms with Crippen molar-refractivity contribution in [3.63, 3.8) is 0 Å². The molecule has 0 fully saturated rings. The Morgan fingerprint density at radius 2 is 2.33 bits per heavy atom. The molecule has 0 bridgehead atoms. The zero-order chi connectivity index (χ0) is 13.4. The predicted octanol–water partition coefficient (Wildman–Crippen LogP) is 2.12. The lowest BCUT2D eigenvalue weighted by Gasteiger charge is -2.08. The summed E-state index contributed by atoms with van der Waals surface area (Å²) in [5.41, 5.74) is 0. The van der Waals surface area contributed by atoms with Crippen molar-refractivity contribution in [3.8, 4) is 11.8 Å². The molecular weight excluding hydrogens is 250 g/mol. The Kier molecular flexibility index (Phi) is 6.26. The number of thiophene rings is 1. The van der Waals surface area contributed by atoms with Crippen molar-refractivity contribution in [2.75, 3.05) is 6.61 Å². The molecule has 0 saturated heterocycles. The second kappa shape index (κ2) is 7.75. The highest BCUT2D eigenvalue weighted by atomic mass is 32.1. The fourth-order valence-corrected chi connectivity index (χ4v) is 1.98. The number of carbonyl (C=O) groups excluding carboxylic acids is 1. The summed E-state index contributed by atoms with van der Waals surface area (Å²) >= 11 is 1.52. The number of alkyl carbamates (subject to hydrolysis) is 1. The fourth-order valence-electron chi connectivity index (χ4n) is 1.16. The molecule has 0 saturated carbocycles. The van der Waals surface area contributed by atoms with Gasteiger partial charge < -0.3 is 15.2 Å². The van der Waals surface area contributed by atoms with E-state index in [0.29, 0.717) is 13.0 Å². The van der Waals surface area contributed by atoms with Crippen LogP contribution in [-0.4, -0.2) is 23.9 Å². The molecule has 0 radical (unpaired) electrons. The van der Waals surface area contributed by atoms with Gasteiger partial charge in [-0.15, -0.1) is 11.3 Å². The highest BCUT2D eigenvalue weighted by molar-refractivity contribution is 7.12. The monoisotopic (exact) mass is 267 g/mol. The van der Waals surface area contributed by atoms with Crippen LogP contribution in [0.15, 0.2) is 12.1 Å². The molecule has 1 rings (SSSR count). The molecule has 0 aliphatic rings. The van der Waals surface area contributed by atoms with Crippen molar-refractivity contribution in [1.29, 1.82) is 0 Å². The van der Waals surface area contributed by atoms with E-state index in [1.54, 1.807) is 13.8 Å². The first kappa shape index (κ1) is 14.6. The number of aliphatic hydroxyl groups is 1. The highest BCUT2D eigenvalue weighted by Gasteiger charge is 2.05. The first-order valence-electron chi connectivity index (χ1n) is 5.74. The number of amides is 1. The number of nitrogens with one attached hydrogen (secondary N) is 1. The van der Waals surface area contributed by atoms with Crippen LogP contribution in [0.2, 0.25) is 0 Å². The summed E-state index contributed by atoms with van der Waals surface area (Å²) in [5.74, 6) is 5.80. The smallest absolute Gasteiger partial charge is 0.407 e. The van der Waals surface area contributed by atoms with E-state index in [0.717, 1.165) is 9.75 Å². The van der Waals surface area contributed by atoms with E-state index in [1.165, 1.54) is 11.3 Å². The van der Waals surface area contributed by atoms with Gasteiger partial charge in [-0.25, -0.2) is 4.79 Å². The fraction of sp³-hybridized carbons (Fsp3) is 0.462. The summed E-state index contributed by atoms with van der Waals surface area (Å²) < 4.78 is 4.96. The van der Waals surface area contributed by atoms with E-state index in [4.69, 9.17) is 9.84 Å². The Morgan fingerprint density at radius 1 is 1.56 bits per heavy atom. The van der Waals surface area contributed by atoms with E-state index in [9.17, 15) is 4.79 Å². The van der Waals surface area contributed by atoms with Gasteiger partial charge in [-0.3, -0.25) is 0 Å². The number of hydrogen-bond acceptors (Lipinski definition) is 4. The standard InChI is InChI=1S/C13H17NO3S/c1-10(2)17-13(16)14-9-12-7-6-11(18-12)5-3-4-8-15/h6-7,10,15H,4,8-9H2,1-2H3,(H,14,16). The summed E-state index contributed by atoms with van der Waals surface area (Å²) in [7, 11) is 0. The minimum absolute atomic E-state index is 0.0772. The van der Waals surface area contributed by atoms with Crippen LogP contribution in [-0.2, 0) is 11.3 Å². The molecule has 0 aromatic carbocycles. The van der Waals surface area contributed by atoms with E-state index in [-0.39, 0.29) is 12.7 Å². The van der Waals surface area contributed by atoms with Crippen LogP contribution in [0.25, 0.3) is 0 Å². The number of carbonyl (C=O) groups is 1. The number of ether oxygens (including phenoxy) is 1. The Hall–Kier alpha value is -1.51. The van der Waals surface area contributed by atoms with Crippen molar-refractivity contribution < 1.29 is 14.6 Å². The van der Waals surface area contributed by atoms with E-state index >= 15 is 0 Å². The van der Waals surface area contributed by atoms with Crippen molar-refractivity contribution in [1.82, 2.24) is 5.32 Å². The highest BCUT2D eigenvalue weighted by Crippen LogP contribution is 2.15. The molecule has 1 aromatic heterocycles. The summed E-state index contributed by atoms with van der Waals surface area (Å²) in [4.78, 5) is 13.2. The maximum atomic E-state index is 11.3. The maximum Gasteiger partial charge on any atom is 0.407 e. The van der Waals surface area contributed by atoms with Gasteiger partial charge in [0.1, 0.15) is 0 Å². The average molecular weight is 267 g/mol. The van der Waals surface area contributed by atoms with Crippen LogP contribution >= 0.6 is 11.3 Å². The molecule has 0 spiro atoms. The van der Waals surface area contributed by atoms with Gasteiger partial charge in [0.05, 0.1) is 24.1 Å². The predicted molar refractivity (Wildman–Crippen MR) is 71.4 cm³/mol. The Labute approximate surface area is 111 Å². The summed E-state index contributed by atoms with van der Waals surface area (Å²) in [6.07, 6.45) is -0.0498. The molecule has 1 heterocycles. The van der Waals surface area contributed by atoms with E-state index in [2.05, 4.69) is 17.2 Å². The average Bonchev–Trinajstić information content (AvgIpc) is 2.74. The van der Waals surface area contributed by atoms with Crippen LogP contribution in [0.1, 0.15) is 30.0 Å². The second-order valence-electron chi connectivity index (χ2n) is 3.85. The van der Waals surface area contributed by atoms with Crippen LogP contribution in [0.3, 0.4) is 0 Å². The molecule has 0 unspecified atom stereocenters. The van der Waals surface area contributed by atoms with Crippen LogP contribution in [0.5, 0.6) is 0 Å². The first-order valence-corrected chi connectivity index (χ1v) is 6.56. The number of hydrogen-bond donors (Lipinski definition) is 2. The molecular formula is C13H17NO3S. The van der Waals surface area contributed by atoms with Crippen molar-refractivity contribution in [2.24, 2.45) is 0 Å². The molecule has 2 N–H and O–H groups in total. The molecule has 98 valence electrons. The van der Waals surface area contributed by atoms with Gasteiger partial charge in [-0.1, -0.05) is 11.8 Å². The zero-order valence-electron chi connectivity index (χ0n) is 10.5. The summed E-state index contributed by atoms with van der Waals surface area (Å²) in [5, 5.41) is 11.3. The molecule has 0 aliphatic carbocycles. The molecule has 0 aliphatic heterocycles. The zero-order valence-corrected chi connectivity index (χ0v) is 11.3. The third-order valence-electron chi connectivity index (χ3n) is 1.86. The second-order valence-corrected chi connectivity index (χ2v) is 5.02. The Morgan fingerprint density at radius 3 is 3.00 bits per heavy atom. The van der Waals surface area contributed by atoms with Gasteiger partial charge in [-0.2, -0.15) is 0 Å². The third-order valence-corrected chi connectivity index (χ3v) is 2.86. The molecule has 4 nitrogen and oxygen atoms in total. The van der Waals surface area contributed by atoms with Gasteiger partial charge in [0.25, 0.3) is 0 Å². The van der Waals surface area contributed by atoms with Crippen LogP contribution in [0.4, 0.5) is 4.79 Å². The topological polar surface area (TPSA) is 58.6 Å². The molecule has 5 heteroatoms. The molecule has 1 aromatic rings. The third kappa shape index (κ3) is 5.71. The maximum absolute atomic E-state index is 11.3. The molecule has 1 amide bonds. The van der Waals surface area contributed by atoms with Crippen molar-refractivity contribution in [3.05, 3.63) is 21.9 Å². The van der Waals surface area contributed by atoms with Gasteiger partial charge in [0, 0.05) is 11.3 Å². The van der Waals surface area contributed by atoms with Gasteiger partial charge in [-0.05, 0) is 26.0 Å². The lowest BCUT2D eigenvalue weighted by Crippen LogP contribution is -2.25. The largest absolute Gasteiger partial charge is 0.447 e. The van der Waals surface area contributed by atoms with E-state index < -0.39 is 6.09 Å². The summed E-state index contributed by atoms with van der Waals surface area (Å²) in [6.45, 7) is 4.13. The summed E-state index contributed by atoms with van der Waals surface area (Å²) in [6, 6.07) is 3.82. The van der Waals surface area contributed by atoms with Crippen molar-refractivity contribution in [2.45, 2.75) is 32.9 Å².